The Bertz CT molecular complexity index is 1950. The number of nitrogens with zero attached hydrogens (tertiary/aromatic N) is 9. The average molecular weight is 644 g/mol. The monoisotopic (exact) mass is 643 g/mol. The van der Waals surface area contributed by atoms with Crippen molar-refractivity contribution in [1.29, 1.82) is 0 Å². The van der Waals surface area contributed by atoms with Crippen LogP contribution in [0, 0.1) is 5.41 Å². The number of amides is 2. The molecule has 1 atom stereocenters. The number of carbonyl (C=O) groups excluding carboxylic acids is 2. The molecule has 1 N–H and O–H groups in total. The Hall–Kier alpha value is -5.07. The van der Waals surface area contributed by atoms with Crippen molar-refractivity contribution in [3.8, 4) is 11.4 Å². The van der Waals surface area contributed by atoms with E-state index in [9.17, 15) is 14.7 Å². The molecule has 4 aliphatic heterocycles. The van der Waals surface area contributed by atoms with Crippen molar-refractivity contribution in [2.45, 2.75) is 32.4 Å². The molecule has 2 saturated heterocycles. The molecule has 7 heterocycles. The van der Waals surface area contributed by atoms with E-state index in [2.05, 4.69) is 38.2 Å². The van der Waals surface area contributed by atoms with Gasteiger partial charge in [-0.3, -0.25) is 34.0 Å². The molecular weight excluding hydrogens is 606 g/mol. The minimum atomic E-state index is -0.492. The highest BCUT2D eigenvalue weighted by Gasteiger charge is 2.51. The van der Waals surface area contributed by atoms with Gasteiger partial charge in [-0.05, 0) is 55.1 Å². The third kappa shape index (κ3) is 5.50. The van der Waals surface area contributed by atoms with Crippen LogP contribution in [0.15, 0.2) is 72.1 Å². The molecule has 12 heteroatoms. The number of benzene rings is 1. The fourth-order valence-corrected chi connectivity index (χ4v) is 7.35. The van der Waals surface area contributed by atoms with Gasteiger partial charge in [-0.15, -0.1) is 0 Å². The van der Waals surface area contributed by atoms with E-state index in [-0.39, 0.29) is 18.4 Å². The van der Waals surface area contributed by atoms with Crippen LogP contribution in [0.5, 0.6) is 0 Å². The second-order valence-corrected chi connectivity index (χ2v) is 13.1. The number of rotatable bonds is 7. The Morgan fingerprint density at radius 1 is 0.958 bits per heavy atom. The maximum atomic E-state index is 13.9. The van der Waals surface area contributed by atoms with Gasteiger partial charge < -0.3 is 10.0 Å². The molecule has 48 heavy (non-hydrogen) atoms. The smallest absolute Gasteiger partial charge is 0.237 e. The molecule has 244 valence electrons. The molecule has 12 nitrogen and oxygen atoms in total. The van der Waals surface area contributed by atoms with Crippen LogP contribution in [0.3, 0.4) is 0 Å². The van der Waals surface area contributed by atoms with Crippen molar-refractivity contribution in [3.63, 3.8) is 0 Å². The number of aliphatic hydroxyl groups is 1. The summed E-state index contributed by atoms with van der Waals surface area (Å²) in [5.74, 6) is 1.54. The quantitative estimate of drug-likeness (QED) is 0.325. The second kappa shape index (κ2) is 12.2. The summed E-state index contributed by atoms with van der Waals surface area (Å²) in [6.07, 6.45) is 7.84. The van der Waals surface area contributed by atoms with E-state index in [1.807, 2.05) is 47.2 Å². The Kier molecular flexibility index (Phi) is 7.68. The first-order valence-corrected chi connectivity index (χ1v) is 16.5. The molecule has 2 amide bonds. The first-order valence-electron chi connectivity index (χ1n) is 16.5. The van der Waals surface area contributed by atoms with Crippen LogP contribution in [0.25, 0.3) is 17.0 Å². The molecule has 3 aromatic heterocycles. The zero-order valence-corrected chi connectivity index (χ0v) is 26.9. The van der Waals surface area contributed by atoms with Gasteiger partial charge in [-0.1, -0.05) is 36.4 Å². The van der Waals surface area contributed by atoms with Crippen molar-refractivity contribution in [1.82, 2.24) is 34.5 Å². The molecule has 2 fully saturated rings. The highest BCUT2D eigenvalue weighted by molar-refractivity contribution is 6.14. The number of hydrogen-bond donors (Lipinski definition) is 1. The van der Waals surface area contributed by atoms with Gasteiger partial charge in [0.2, 0.25) is 11.8 Å². The van der Waals surface area contributed by atoms with Gasteiger partial charge in [0.05, 0.1) is 42.2 Å². The fraction of sp³-hybridized carbons (Fsp3) is 0.361. The van der Waals surface area contributed by atoms with Crippen LogP contribution in [0.1, 0.15) is 47.3 Å². The molecule has 4 aromatic rings. The number of aromatic nitrogens is 5. The highest BCUT2D eigenvalue weighted by atomic mass is 16.3. The molecule has 0 bridgehead atoms. The number of likely N-dealkylation sites (tertiary alicyclic amines) is 1. The second-order valence-electron chi connectivity index (χ2n) is 13.1. The lowest BCUT2D eigenvalue weighted by atomic mass is 9.85. The largest absolute Gasteiger partial charge is 0.390 e. The van der Waals surface area contributed by atoms with Gasteiger partial charge in [-0.2, -0.15) is 5.10 Å². The summed E-state index contributed by atoms with van der Waals surface area (Å²) in [7, 11) is 1.86. The highest BCUT2D eigenvalue weighted by Crippen LogP contribution is 2.42. The van der Waals surface area contributed by atoms with Gasteiger partial charge in [0.25, 0.3) is 0 Å². The summed E-state index contributed by atoms with van der Waals surface area (Å²) in [6, 6.07) is 15.9. The molecule has 0 saturated carbocycles. The molecule has 0 unspecified atom stereocenters. The van der Waals surface area contributed by atoms with Crippen LogP contribution in [-0.2, 0) is 29.8 Å². The van der Waals surface area contributed by atoms with E-state index < -0.39 is 5.41 Å². The topological polar surface area (TPSA) is 133 Å². The lowest BCUT2D eigenvalue weighted by Crippen LogP contribution is -2.43. The Labute approximate surface area is 278 Å². The maximum absolute atomic E-state index is 13.9. The van der Waals surface area contributed by atoms with Crippen LogP contribution >= 0.6 is 0 Å². The Morgan fingerprint density at radius 3 is 2.50 bits per heavy atom. The molecule has 0 aliphatic carbocycles. The predicted molar refractivity (Wildman–Crippen MR) is 180 cm³/mol. The molecule has 1 spiro atoms. The van der Waals surface area contributed by atoms with Gasteiger partial charge in [0.15, 0.2) is 5.82 Å². The number of anilines is 1. The molecule has 4 aliphatic rings. The summed E-state index contributed by atoms with van der Waals surface area (Å²) in [5.41, 5.74) is 6.86. The number of hydrogen-bond acceptors (Lipinski definition) is 9. The third-order valence-corrected chi connectivity index (χ3v) is 10.1. The van der Waals surface area contributed by atoms with Crippen molar-refractivity contribution in [3.05, 3.63) is 95.2 Å². The van der Waals surface area contributed by atoms with Crippen LogP contribution in [0.2, 0.25) is 0 Å². The van der Waals surface area contributed by atoms with Crippen molar-refractivity contribution >= 4 is 28.9 Å². The number of carbonyl (C=O) groups is 2. The lowest BCUT2D eigenvalue weighted by molar-refractivity contribution is -0.132. The van der Waals surface area contributed by atoms with E-state index in [0.717, 1.165) is 59.5 Å². The summed E-state index contributed by atoms with van der Waals surface area (Å²) in [5, 5.41) is 13.7. The number of fused-ring (bicyclic) bond motifs is 1. The van der Waals surface area contributed by atoms with E-state index in [1.54, 1.807) is 23.3 Å². The predicted octanol–water partition coefficient (Wildman–Crippen LogP) is 2.86. The molecule has 0 radical (unpaired) electrons. The zero-order chi connectivity index (χ0) is 32.8. The van der Waals surface area contributed by atoms with Crippen molar-refractivity contribution in [2.24, 2.45) is 17.5 Å². The first kappa shape index (κ1) is 30.3. The van der Waals surface area contributed by atoms with Gasteiger partial charge in [0.1, 0.15) is 12.1 Å². The van der Waals surface area contributed by atoms with Gasteiger partial charge >= 0.3 is 0 Å². The minimum absolute atomic E-state index is 0.0887. The number of aliphatic hydroxyl groups excluding tert-OH is 1. The third-order valence-electron chi connectivity index (χ3n) is 10.1. The van der Waals surface area contributed by atoms with Crippen molar-refractivity contribution in [2.75, 3.05) is 44.2 Å². The molecule has 1 aromatic carbocycles. The summed E-state index contributed by atoms with van der Waals surface area (Å²) < 4.78 is 1.69. The summed E-state index contributed by atoms with van der Waals surface area (Å²) in [4.78, 5) is 51.4. The Balaban J connectivity index is 0.881. The fourth-order valence-electron chi connectivity index (χ4n) is 7.35. The molecular formula is C36H37N9O3. The summed E-state index contributed by atoms with van der Waals surface area (Å²) >= 11 is 0. The number of aliphatic imine (C=N–C) groups is 1. The van der Waals surface area contributed by atoms with Crippen LogP contribution in [-0.4, -0.2) is 96.4 Å². The zero-order valence-electron chi connectivity index (χ0n) is 26.9. The van der Waals surface area contributed by atoms with Crippen LogP contribution in [0.4, 0.5) is 5.82 Å². The maximum Gasteiger partial charge on any atom is 0.237 e. The Morgan fingerprint density at radius 2 is 1.77 bits per heavy atom. The van der Waals surface area contributed by atoms with E-state index in [4.69, 9.17) is 9.98 Å². The van der Waals surface area contributed by atoms with E-state index in [1.165, 1.54) is 5.57 Å². The van der Waals surface area contributed by atoms with E-state index >= 15 is 0 Å². The van der Waals surface area contributed by atoms with Crippen LogP contribution < -0.4 is 4.90 Å². The normalized spacial score (nSPS) is 20.8. The lowest BCUT2D eigenvalue weighted by Gasteiger charge is -2.29. The summed E-state index contributed by atoms with van der Waals surface area (Å²) in [6.45, 7) is 3.91. The number of aryl methyl sites for hydroxylation is 1. The minimum Gasteiger partial charge on any atom is -0.390 e. The van der Waals surface area contributed by atoms with Crippen molar-refractivity contribution < 1.29 is 14.7 Å². The van der Waals surface area contributed by atoms with Gasteiger partial charge in [0, 0.05) is 56.1 Å². The van der Waals surface area contributed by atoms with E-state index in [0.29, 0.717) is 56.6 Å². The number of pyridine rings is 2. The average Bonchev–Trinajstić information content (AvgIpc) is 3.92. The first-order chi connectivity index (χ1) is 23.4. The van der Waals surface area contributed by atoms with Gasteiger partial charge in [-0.25, -0.2) is 9.97 Å². The molecule has 8 rings (SSSR count). The standard InChI is InChI=1S/C36H37N9O3/c1-42-23-39-34(41-42)26-4-2-24(3-5-26)25-10-14-44(15-11-25)31(47)20-43-16-12-36(22-43)13-17-45(35(36)48)30-9-7-28-19-38-32(33(28)40-30)27-6-8-29(21-46)37-18-27/h2-10,18,23,46H,11-17,19-22H2,1H3/t36-/m0/s1. The SMILES string of the molecule is Cn1cnc(-c2ccc(C3=CCN(C(=O)CN4CC[C@]5(CCN(c6ccc7c(n6)C(c6ccc(CO)nc6)=NC7)C5=O)C4)CC3)cc2)n1.